The Morgan fingerprint density at radius 3 is 3.00 bits per heavy atom. The SMILES string of the molecule is CSC1CCCC(n2c(C)nc3cc(N)ccc32)C1. The van der Waals surface area contributed by atoms with Crippen molar-refractivity contribution in [3.05, 3.63) is 24.0 Å². The fourth-order valence-corrected chi connectivity index (χ4v) is 4.08. The third-order valence-electron chi connectivity index (χ3n) is 4.19. The number of fused-ring (bicyclic) bond motifs is 1. The van der Waals surface area contributed by atoms with Crippen LogP contribution in [0.3, 0.4) is 0 Å². The van der Waals surface area contributed by atoms with Crippen LogP contribution < -0.4 is 5.73 Å². The number of thioether (sulfide) groups is 1. The minimum atomic E-state index is 0.597. The highest BCUT2D eigenvalue weighted by Gasteiger charge is 2.25. The Morgan fingerprint density at radius 1 is 1.37 bits per heavy atom. The van der Waals surface area contributed by atoms with E-state index in [2.05, 4.69) is 28.8 Å². The largest absolute Gasteiger partial charge is 0.399 e. The van der Waals surface area contributed by atoms with E-state index >= 15 is 0 Å². The number of aromatic nitrogens is 2. The number of aryl methyl sites for hydroxylation is 1. The van der Waals surface area contributed by atoms with Crippen LogP contribution in [0.1, 0.15) is 37.5 Å². The van der Waals surface area contributed by atoms with Crippen LogP contribution in [0.5, 0.6) is 0 Å². The maximum Gasteiger partial charge on any atom is 0.106 e. The fraction of sp³-hybridized carbons (Fsp3) is 0.533. The second-order valence-corrected chi connectivity index (χ2v) is 6.59. The molecule has 1 aromatic carbocycles. The first-order chi connectivity index (χ1) is 9.19. The van der Waals surface area contributed by atoms with Gasteiger partial charge in [0, 0.05) is 17.0 Å². The third-order valence-corrected chi connectivity index (χ3v) is 5.28. The van der Waals surface area contributed by atoms with Crippen LogP contribution in [0, 0.1) is 6.92 Å². The van der Waals surface area contributed by atoms with E-state index in [0.29, 0.717) is 6.04 Å². The Kier molecular flexibility index (Phi) is 3.44. The third kappa shape index (κ3) is 2.34. The molecule has 3 rings (SSSR count). The summed E-state index contributed by atoms with van der Waals surface area (Å²) < 4.78 is 2.43. The van der Waals surface area contributed by atoms with E-state index in [1.54, 1.807) is 0 Å². The summed E-state index contributed by atoms with van der Waals surface area (Å²) in [6.07, 6.45) is 7.44. The molecule has 1 saturated carbocycles. The van der Waals surface area contributed by atoms with E-state index in [1.807, 2.05) is 23.9 Å². The number of nitrogen functional groups attached to an aromatic ring is 1. The van der Waals surface area contributed by atoms with Gasteiger partial charge in [-0.1, -0.05) is 6.42 Å². The van der Waals surface area contributed by atoms with Crippen molar-refractivity contribution in [2.45, 2.75) is 43.9 Å². The van der Waals surface area contributed by atoms with Crippen molar-refractivity contribution >= 4 is 28.5 Å². The van der Waals surface area contributed by atoms with Gasteiger partial charge in [0.2, 0.25) is 0 Å². The minimum Gasteiger partial charge on any atom is -0.399 e. The average molecular weight is 275 g/mol. The van der Waals surface area contributed by atoms with Crippen molar-refractivity contribution in [3.63, 3.8) is 0 Å². The van der Waals surface area contributed by atoms with Gasteiger partial charge in [-0.25, -0.2) is 4.98 Å². The Morgan fingerprint density at radius 2 is 2.21 bits per heavy atom. The van der Waals surface area contributed by atoms with E-state index in [1.165, 1.54) is 31.2 Å². The van der Waals surface area contributed by atoms with Crippen LogP contribution in [-0.4, -0.2) is 21.1 Å². The molecule has 4 heteroatoms. The monoisotopic (exact) mass is 275 g/mol. The summed E-state index contributed by atoms with van der Waals surface area (Å²) in [5, 5.41) is 0.796. The fourth-order valence-electron chi connectivity index (χ4n) is 3.27. The Labute approximate surface area is 118 Å². The first kappa shape index (κ1) is 12.9. The summed E-state index contributed by atoms with van der Waals surface area (Å²) in [6.45, 7) is 2.11. The summed E-state index contributed by atoms with van der Waals surface area (Å²) in [6, 6.07) is 6.68. The highest BCUT2D eigenvalue weighted by molar-refractivity contribution is 7.99. The van der Waals surface area contributed by atoms with E-state index in [-0.39, 0.29) is 0 Å². The molecule has 1 aromatic heterocycles. The highest BCUT2D eigenvalue weighted by Crippen LogP contribution is 2.36. The number of imidazole rings is 1. The first-order valence-electron chi connectivity index (χ1n) is 6.96. The summed E-state index contributed by atoms with van der Waals surface area (Å²) in [7, 11) is 0. The van der Waals surface area contributed by atoms with E-state index in [0.717, 1.165) is 22.3 Å². The molecular weight excluding hydrogens is 254 g/mol. The van der Waals surface area contributed by atoms with Gasteiger partial charge >= 0.3 is 0 Å². The van der Waals surface area contributed by atoms with Crippen molar-refractivity contribution in [1.82, 2.24) is 9.55 Å². The molecular formula is C15H21N3S. The molecule has 1 aliphatic rings. The second kappa shape index (κ2) is 5.08. The van der Waals surface area contributed by atoms with Gasteiger partial charge in [0.25, 0.3) is 0 Å². The number of hydrogen-bond acceptors (Lipinski definition) is 3. The maximum atomic E-state index is 5.85. The zero-order valence-corrected chi connectivity index (χ0v) is 12.4. The number of hydrogen-bond donors (Lipinski definition) is 1. The van der Waals surface area contributed by atoms with Crippen molar-refractivity contribution in [2.75, 3.05) is 12.0 Å². The van der Waals surface area contributed by atoms with Crippen LogP contribution in [0.4, 0.5) is 5.69 Å². The van der Waals surface area contributed by atoms with E-state index in [4.69, 9.17) is 5.73 Å². The zero-order chi connectivity index (χ0) is 13.4. The normalized spacial score (nSPS) is 23.9. The van der Waals surface area contributed by atoms with Gasteiger partial charge in [-0.3, -0.25) is 0 Å². The van der Waals surface area contributed by atoms with Gasteiger partial charge in [-0.05, 0) is 50.6 Å². The molecule has 2 unspecified atom stereocenters. The van der Waals surface area contributed by atoms with Crippen LogP contribution >= 0.6 is 11.8 Å². The molecule has 0 aliphatic heterocycles. The molecule has 2 N–H and O–H groups in total. The molecule has 102 valence electrons. The number of anilines is 1. The van der Waals surface area contributed by atoms with Crippen LogP contribution in [0.15, 0.2) is 18.2 Å². The second-order valence-electron chi connectivity index (χ2n) is 5.46. The quantitative estimate of drug-likeness (QED) is 0.848. The predicted octanol–water partition coefficient (Wildman–Crippen LogP) is 3.77. The molecule has 0 amide bonds. The van der Waals surface area contributed by atoms with Gasteiger partial charge in [0.05, 0.1) is 11.0 Å². The lowest BCUT2D eigenvalue weighted by Gasteiger charge is -2.30. The maximum absolute atomic E-state index is 5.85. The molecule has 2 aromatic rings. The lowest BCUT2D eigenvalue weighted by molar-refractivity contribution is 0.363. The smallest absolute Gasteiger partial charge is 0.106 e. The number of benzene rings is 1. The zero-order valence-electron chi connectivity index (χ0n) is 11.6. The molecule has 0 bridgehead atoms. The molecule has 2 atom stereocenters. The Hall–Kier alpha value is -1.16. The van der Waals surface area contributed by atoms with E-state index < -0.39 is 0 Å². The Balaban J connectivity index is 2.02. The Bertz CT molecular complexity index is 590. The van der Waals surface area contributed by atoms with Gasteiger partial charge in [-0.2, -0.15) is 11.8 Å². The summed E-state index contributed by atoms with van der Waals surface area (Å²) in [4.78, 5) is 4.68. The molecule has 0 radical (unpaired) electrons. The van der Waals surface area contributed by atoms with Crippen molar-refractivity contribution in [2.24, 2.45) is 0 Å². The lowest BCUT2D eigenvalue weighted by atomic mass is 9.94. The lowest BCUT2D eigenvalue weighted by Crippen LogP contribution is -2.21. The summed E-state index contributed by atoms with van der Waals surface area (Å²) >= 11 is 2.01. The van der Waals surface area contributed by atoms with Crippen LogP contribution in [-0.2, 0) is 0 Å². The molecule has 1 heterocycles. The van der Waals surface area contributed by atoms with Gasteiger partial charge < -0.3 is 10.3 Å². The van der Waals surface area contributed by atoms with Crippen LogP contribution in [0.2, 0.25) is 0 Å². The minimum absolute atomic E-state index is 0.597. The van der Waals surface area contributed by atoms with Gasteiger partial charge in [0.1, 0.15) is 5.82 Å². The molecule has 1 fully saturated rings. The number of nitrogens with zero attached hydrogens (tertiary/aromatic N) is 2. The molecule has 0 spiro atoms. The van der Waals surface area contributed by atoms with Crippen molar-refractivity contribution in [1.29, 1.82) is 0 Å². The molecule has 0 saturated heterocycles. The average Bonchev–Trinajstić information content (AvgIpc) is 2.73. The number of nitrogens with two attached hydrogens (primary N) is 1. The number of rotatable bonds is 2. The van der Waals surface area contributed by atoms with Gasteiger partial charge in [0.15, 0.2) is 0 Å². The first-order valence-corrected chi connectivity index (χ1v) is 8.24. The highest BCUT2D eigenvalue weighted by atomic mass is 32.2. The molecule has 19 heavy (non-hydrogen) atoms. The summed E-state index contributed by atoms with van der Waals surface area (Å²) in [5.41, 5.74) is 8.91. The standard InChI is InChI=1S/C15H21N3S/c1-10-17-14-8-11(16)6-7-15(14)18(10)12-4-3-5-13(9-12)19-2/h6-8,12-13H,3-5,9,16H2,1-2H3. The van der Waals surface area contributed by atoms with Crippen molar-refractivity contribution in [3.8, 4) is 0 Å². The van der Waals surface area contributed by atoms with Crippen LogP contribution in [0.25, 0.3) is 11.0 Å². The topological polar surface area (TPSA) is 43.8 Å². The molecule has 3 nitrogen and oxygen atoms in total. The van der Waals surface area contributed by atoms with Crippen molar-refractivity contribution < 1.29 is 0 Å². The van der Waals surface area contributed by atoms with E-state index in [9.17, 15) is 0 Å². The molecule has 1 aliphatic carbocycles. The summed E-state index contributed by atoms with van der Waals surface area (Å²) in [5.74, 6) is 1.12. The van der Waals surface area contributed by atoms with Gasteiger partial charge in [-0.15, -0.1) is 0 Å². The predicted molar refractivity (Wildman–Crippen MR) is 83.7 cm³/mol.